The average molecular weight is 551 g/mol. The number of nitrogens with two attached hydrogens (primary N) is 1. The summed E-state index contributed by atoms with van der Waals surface area (Å²) >= 11 is 0. The molecule has 0 aliphatic carbocycles. The van der Waals surface area contributed by atoms with Gasteiger partial charge in [0.25, 0.3) is 15.6 Å². The number of hydrogen-bond acceptors (Lipinski definition) is 15. The summed E-state index contributed by atoms with van der Waals surface area (Å²) in [6.07, 6.45) is -3.81. The Bertz CT molecular complexity index is 1120. The Morgan fingerprint density at radius 2 is 1.73 bits per heavy atom. The van der Waals surface area contributed by atoms with Crippen LogP contribution in [0.15, 0.2) is 12.7 Å². The van der Waals surface area contributed by atoms with E-state index in [0.717, 1.165) is 6.33 Å². The van der Waals surface area contributed by atoms with Gasteiger partial charge in [0.05, 0.1) is 12.9 Å². The molecule has 23 heteroatoms. The van der Waals surface area contributed by atoms with E-state index in [1.807, 2.05) is 0 Å². The first-order valence-electron chi connectivity index (χ1n) is 7.88. The summed E-state index contributed by atoms with van der Waals surface area (Å²) < 4.78 is 51.0. The SMILES string of the molecule is Nc1ncnc2c1ncn2[C@@H]1O[C@H](COP(=O)(O)OP(=O)([O-])OP(=O)([O-])O)[C@H](O)C1O.[Na+].[Na+]. The predicted octanol–water partition coefficient (Wildman–Crippen LogP) is -8.89. The molecule has 174 valence electrons. The molecule has 3 rings (SSSR count). The van der Waals surface area contributed by atoms with E-state index < -0.39 is 54.6 Å². The molecule has 0 aromatic carbocycles. The predicted molar refractivity (Wildman–Crippen MR) is 91.0 cm³/mol. The Hall–Kier alpha value is 0.640. The van der Waals surface area contributed by atoms with E-state index in [4.69, 9.17) is 15.4 Å². The fourth-order valence-corrected chi connectivity index (χ4v) is 5.55. The minimum atomic E-state index is -6.01. The second kappa shape index (κ2) is 11.8. The third-order valence-corrected chi connectivity index (χ3v) is 7.53. The summed E-state index contributed by atoms with van der Waals surface area (Å²) in [5.74, 6) is 0.0322. The van der Waals surface area contributed by atoms with E-state index in [9.17, 15) is 38.6 Å². The normalized spacial score (nSPS) is 28.2. The largest absolute Gasteiger partial charge is 1.00 e. The summed E-state index contributed by atoms with van der Waals surface area (Å²) in [6.45, 7) is -1.000. The van der Waals surface area contributed by atoms with Crippen LogP contribution in [0.2, 0.25) is 0 Å². The molecular weight excluding hydrogens is 537 g/mol. The molecule has 0 amide bonds. The zero-order chi connectivity index (χ0) is 23.2. The van der Waals surface area contributed by atoms with E-state index in [0.29, 0.717) is 0 Å². The number of imidazole rings is 1. The Labute approximate surface area is 228 Å². The molecule has 1 saturated heterocycles. The number of hydrogen-bond donors (Lipinski definition) is 5. The van der Waals surface area contributed by atoms with Crippen LogP contribution in [0.5, 0.6) is 0 Å². The molecule has 0 radical (unpaired) electrons. The van der Waals surface area contributed by atoms with Crippen LogP contribution < -0.4 is 74.6 Å². The van der Waals surface area contributed by atoms with Crippen molar-refractivity contribution in [3.05, 3.63) is 12.7 Å². The molecule has 1 aliphatic rings. The van der Waals surface area contributed by atoms with Crippen molar-refractivity contribution in [3.63, 3.8) is 0 Å². The van der Waals surface area contributed by atoms with Gasteiger partial charge in [-0.1, -0.05) is 0 Å². The molecule has 0 bridgehead atoms. The smallest absolute Gasteiger partial charge is 0.756 e. The van der Waals surface area contributed by atoms with Crippen LogP contribution in [-0.4, -0.2) is 64.4 Å². The van der Waals surface area contributed by atoms with Crippen molar-refractivity contribution in [1.29, 1.82) is 0 Å². The van der Waals surface area contributed by atoms with Crippen LogP contribution >= 0.6 is 23.5 Å². The number of fused-ring (bicyclic) bond motifs is 1. The number of phosphoric acid groups is 3. The second-order valence-electron chi connectivity index (χ2n) is 5.97. The van der Waals surface area contributed by atoms with Crippen molar-refractivity contribution < 1.29 is 120 Å². The maximum Gasteiger partial charge on any atom is 1.00 e. The van der Waals surface area contributed by atoms with Crippen LogP contribution in [0.4, 0.5) is 5.82 Å². The minimum absolute atomic E-state index is 0. The maximum absolute atomic E-state index is 11.7. The van der Waals surface area contributed by atoms with E-state index in [-0.39, 0.29) is 76.1 Å². The molecule has 1 fully saturated rings. The number of ether oxygens (including phenoxy) is 1. The van der Waals surface area contributed by atoms with E-state index in [1.54, 1.807) is 0 Å². The third kappa shape index (κ3) is 8.06. The quantitative estimate of drug-likeness (QED) is 0.150. The van der Waals surface area contributed by atoms with Crippen LogP contribution in [0, 0.1) is 0 Å². The van der Waals surface area contributed by atoms with Gasteiger partial charge in [0.1, 0.15) is 30.2 Å². The van der Waals surface area contributed by atoms with Crippen LogP contribution in [0.3, 0.4) is 0 Å². The average Bonchev–Trinajstić information content (AvgIpc) is 3.13. The summed E-state index contributed by atoms with van der Waals surface area (Å²) in [6, 6.07) is 0. The van der Waals surface area contributed by atoms with Gasteiger partial charge < -0.3 is 40.3 Å². The van der Waals surface area contributed by atoms with Crippen molar-refractivity contribution >= 4 is 40.4 Å². The molecule has 2 aromatic heterocycles. The van der Waals surface area contributed by atoms with Gasteiger partial charge in [0.15, 0.2) is 17.7 Å². The Kier molecular flexibility index (Phi) is 11.3. The standard InChI is InChI=1S/C10H16N5O13P3.2Na/c11-8-5-9(13-2-12-8)15(3-14-5)10-7(17)6(16)4(26-10)1-25-30(21,22)28-31(23,24)27-29(18,19)20;;/h2-4,6-7,10,16-17H,1H2,(H,21,22)(H,23,24)(H2,11,12,13)(H2,18,19,20);;/q;2*+1/p-2/t4-,6+,7?,10-;;/m1../s1. The van der Waals surface area contributed by atoms with E-state index in [1.165, 1.54) is 10.9 Å². The van der Waals surface area contributed by atoms with Gasteiger partial charge in [-0.2, -0.15) is 0 Å². The van der Waals surface area contributed by atoms with Crippen LogP contribution in [0.1, 0.15) is 6.23 Å². The van der Waals surface area contributed by atoms with Gasteiger partial charge in [0, 0.05) is 0 Å². The van der Waals surface area contributed by atoms with Crippen LogP contribution in [-0.2, 0) is 31.6 Å². The molecule has 6 N–H and O–H groups in total. The van der Waals surface area contributed by atoms with Gasteiger partial charge in [-0.05, 0) is 0 Å². The molecule has 33 heavy (non-hydrogen) atoms. The van der Waals surface area contributed by atoms with Gasteiger partial charge in [-0.15, -0.1) is 0 Å². The van der Waals surface area contributed by atoms with E-state index in [2.05, 4.69) is 28.1 Å². The zero-order valence-corrected chi connectivity index (χ0v) is 23.5. The first kappa shape index (κ1) is 31.7. The number of aliphatic hydroxyl groups excluding tert-OH is 2. The number of aromatic nitrogens is 4. The van der Waals surface area contributed by atoms with Crippen molar-refractivity contribution in [2.75, 3.05) is 12.3 Å². The Balaban J connectivity index is 0.00000272. The number of nitrogen functional groups attached to an aromatic ring is 1. The summed E-state index contributed by atoms with van der Waals surface area (Å²) in [7, 11) is -17.4. The molecule has 1 aliphatic heterocycles. The van der Waals surface area contributed by atoms with Crippen LogP contribution in [0.25, 0.3) is 11.2 Å². The van der Waals surface area contributed by atoms with Gasteiger partial charge >= 0.3 is 66.9 Å². The molecule has 7 atom stereocenters. The molecule has 2 aromatic rings. The molecular formula is C10H14N5Na2O13P3. The monoisotopic (exact) mass is 551 g/mol. The summed E-state index contributed by atoms with van der Waals surface area (Å²) in [5.41, 5.74) is 5.97. The van der Waals surface area contributed by atoms with Crippen molar-refractivity contribution in [2.24, 2.45) is 0 Å². The first-order valence-corrected chi connectivity index (χ1v) is 12.3. The topological polar surface area (TPSA) is 285 Å². The molecule has 3 heterocycles. The Morgan fingerprint density at radius 1 is 1.09 bits per heavy atom. The van der Waals surface area contributed by atoms with Crippen molar-refractivity contribution in [1.82, 2.24) is 19.5 Å². The van der Waals surface area contributed by atoms with Gasteiger partial charge in [-0.25, -0.2) is 28.1 Å². The first-order chi connectivity index (χ1) is 14.2. The second-order valence-corrected chi connectivity index (χ2v) is 10.3. The third-order valence-electron chi connectivity index (χ3n) is 3.81. The fraction of sp³-hybridized carbons (Fsp3) is 0.500. The molecule has 0 saturated carbocycles. The number of aliphatic hydroxyl groups is 2. The number of phosphoric ester groups is 1. The molecule has 18 nitrogen and oxygen atoms in total. The van der Waals surface area contributed by atoms with E-state index >= 15 is 0 Å². The number of nitrogens with zero attached hydrogens (tertiary/aromatic N) is 4. The zero-order valence-electron chi connectivity index (χ0n) is 16.8. The summed E-state index contributed by atoms with van der Waals surface area (Å²) in [4.78, 5) is 51.0. The summed E-state index contributed by atoms with van der Waals surface area (Å²) in [5, 5.41) is 20.4. The maximum atomic E-state index is 11.7. The molecule has 0 spiro atoms. The molecule has 4 unspecified atom stereocenters. The van der Waals surface area contributed by atoms with Crippen molar-refractivity contribution in [2.45, 2.75) is 24.5 Å². The van der Waals surface area contributed by atoms with Gasteiger partial charge in [0.2, 0.25) is 0 Å². The number of anilines is 1. The van der Waals surface area contributed by atoms with Gasteiger partial charge in [-0.3, -0.25) is 18.2 Å². The van der Waals surface area contributed by atoms with Crippen molar-refractivity contribution in [3.8, 4) is 0 Å². The number of rotatable bonds is 8. The Morgan fingerprint density at radius 3 is 2.33 bits per heavy atom. The fourth-order valence-electron chi connectivity index (χ4n) is 2.61. The minimum Gasteiger partial charge on any atom is -0.756 e.